The number of benzene rings is 1. The van der Waals surface area contributed by atoms with Gasteiger partial charge in [-0.2, -0.15) is 0 Å². The van der Waals surface area contributed by atoms with E-state index in [1.54, 1.807) is 0 Å². The molecule has 1 aliphatic carbocycles. The van der Waals surface area contributed by atoms with Crippen molar-refractivity contribution in [2.75, 3.05) is 20.1 Å². The molecule has 1 amide bonds. The first-order valence-electron chi connectivity index (χ1n) is 7.62. The van der Waals surface area contributed by atoms with Crippen molar-refractivity contribution in [1.29, 1.82) is 0 Å². The predicted molar refractivity (Wildman–Crippen MR) is 90.1 cm³/mol. The summed E-state index contributed by atoms with van der Waals surface area (Å²) in [6.07, 6.45) is 2.17. The Balaban J connectivity index is 1.95. The average molecular weight is 323 g/mol. The zero-order chi connectivity index (χ0) is 15.9. The van der Waals surface area contributed by atoms with E-state index in [2.05, 4.69) is 15.6 Å². The highest BCUT2D eigenvalue weighted by Crippen LogP contribution is 2.18. The minimum Gasteiger partial charge on any atom is -0.357 e. The molecule has 1 aliphatic rings. The van der Waals surface area contributed by atoms with Crippen LogP contribution in [0.5, 0.6) is 0 Å². The van der Waals surface area contributed by atoms with Crippen LogP contribution in [0.1, 0.15) is 25.3 Å². The summed E-state index contributed by atoms with van der Waals surface area (Å²) in [5, 5.41) is 6.87. The van der Waals surface area contributed by atoms with Crippen LogP contribution < -0.4 is 10.6 Å². The number of halogens is 1. The summed E-state index contributed by atoms with van der Waals surface area (Å²) in [6, 6.07) is 8.10. The van der Waals surface area contributed by atoms with Crippen molar-refractivity contribution in [1.82, 2.24) is 15.5 Å². The van der Waals surface area contributed by atoms with Crippen molar-refractivity contribution in [2.24, 2.45) is 4.99 Å². The molecule has 0 heterocycles. The fourth-order valence-electron chi connectivity index (χ4n) is 2.07. The Labute approximate surface area is 136 Å². The molecule has 2 N–H and O–H groups in total. The predicted octanol–water partition coefficient (Wildman–Crippen LogP) is 2.02. The molecule has 0 atom stereocenters. The van der Waals surface area contributed by atoms with Gasteiger partial charge in [-0.3, -0.25) is 4.79 Å². The summed E-state index contributed by atoms with van der Waals surface area (Å²) >= 11 is 6.19. The van der Waals surface area contributed by atoms with Gasteiger partial charge in [0.2, 0.25) is 5.91 Å². The highest BCUT2D eigenvalue weighted by molar-refractivity contribution is 6.31. The number of rotatable bonds is 6. The quantitative estimate of drug-likeness (QED) is 0.622. The molecule has 22 heavy (non-hydrogen) atoms. The molecule has 1 saturated carbocycles. The van der Waals surface area contributed by atoms with Crippen molar-refractivity contribution in [3.63, 3.8) is 0 Å². The molecule has 5 nitrogen and oxygen atoms in total. The van der Waals surface area contributed by atoms with Crippen LogP contribution >= 0.6 is 11.6 Å². The number of carbonyl (C=O) groups excluding carboxylic acids is 1. The van der Waals surface area contributed by atoms with Crippen molar-refractivity contribution >= 4 is 23.5 Å². The zero-order valence-electron chi connectivity index (χ0n) is 13.1. The molecule has 1 aromatic rings. The van der Waals surface area contributed by atoms with E-state index in [9.17, 15) is 4.79 Å². The maximum Gasteiger partial charge on any atom is 0.242 e. The molecule has 0 radical (unpaired) electrons. The van der Waals surface area contributed by atoms with Crippen LogP contribution in [0.4, 0.5) is 0 Å². The molecule has 0 bridgehead atoms. The van der Waals surface area contributed by atoms with Gasteiger partial charge in [0, 0.05) is 31.2 Å². The molecule has 6 heteroatoms. The Hall–Kier alpha value is -1.75. The van der Waals surface area contributed by atoms with Crippen LogP contribution in [0, 0.1) is 0 Å². The van der Waals surface area contributed by atoms with Gasteiger partial charge >= 0.3 is 0 Å². The first-order valence-corrected chi connectivity index (χ1v) is 8.00. The van der Waals surface area contributed by atoms with E-state index >= 15 is 0 Å². The van der Waals surface area contributed by atoms with E-state index in [1.165, 1.54) is 0 Å². The van der Waals surface area contributed by atoms with Crippen LogP contribution in [0.25, 0.3) is 0 Å². The number of nitrogens with zero attached hydrogens (tertiary/aromatic N) is 2. The molecule has 0 saturated heterocycles. The van der Waals surface area contributed by atoms with Gasteiger partial charge in [-0.25, -0.2) is 4.99 Å². The van der Waals surface area contributed by atoms with E-state index in [1.807, 2.05) is 43.1 Å². The molecule has 0 unspecified atom stereocenters. The second-order valence-electron chi connectivity index (χ2n) is 5.46. The zero-order valence-corrected chi connectivity index (χ0v) is 13.9. The third kappa shape index (κ3) is 5.22. The lowest BCUT2D eigenvalue weighted by Crippen LogP contribution is -2.39. The first-order chi connectivity index (χ1) is 10.6. The SMILES string of the molecule is CCNC(=NCC(=O)NC1CC1)N(C)Cc1ccccc1Cl. The maximum absolute atomic E-state index is 11.8. The molecule has 0 aromatic heterocycles. The number of hydrogen-bond acceptors (Lipinski definition) is 2. The van der Waals surface area contributed by atoms with Crippen molar-refractivity contribution in [3.8, 4) is 0 Å². The Morgan fingerprint density at radius 3 is 2.77 bits per heavy atom. The summed E-state index contributed by atoms with van der Waals surface area (Å²) < 4.78 is 0. The van der Waals surface area contributed by atoms with Gasteiger partial charge in [-0.15, -0.1) is 0 Å². The van der Waals surface area contributed by atoms with E-state index < -0.39 is 0 Å². The Morgan fingerprint density at radius 2 is 2.14 bits per heavy atom. The lowest BCUT2D eigenvalue weighted by Gasteiger charge is -2.22. The molecule has 1 aromatic carbocycles. The minimum atomic E-state index is -0.0240. The smallest absolute Gasteiger partial charge is 0.242 e. The van der Waals surface area contributed by atoms with Gasteiger partial charge in [-0.05, 0) is 31.4 Å². The Kier molecular flexibility index (Phi) is 6.07. The van der Waals surface area contributed by atoms with Gasteiger partial charge < -0.3 is 15.5 Å². The van der Waals surface area contributed by atoms with Crippen LogP contribution in [-0.4, -0.2) is 42.9 Å². The van der Waals surface area contributed by atoms with Crippen LogP contribution in [0.15, 0.2) is 29.3 Å². The normalized spacial score (nSPS) is 14.6. The number of amides is 1. The highest BCUT2D eigenvalue weighted by Gasteiger charge is 2.23. The third-order valence-electron chi connectivity index (χ3n) is 3.38. The number of hydrogen-bond donors (Lipinski definition) is 2. The number of aliphatic imine (C=N–C) groups is 1. The Bertz CT molecular complexity index is 543. The minimum absolute atomic E-state index is 0.0240. The Morgan fingerprint density at radius 1 is 1.41 bits per heavy atom. The molecule has 0 aliphatic heterocycles. The lowest BCUT2D eigenvalue weighted by molar-refractivity contribution is -0.119. The second-order valence-corrected chi connectivity index (χ2v) is 5.87. The van der Waals surface area contributed by atoms with Crippen LogP contribution in [0.3, 0.4) is 0 Å². The summed E-state index contributed by atoms with van der Waals surface area (Å²) in [6.45, 7) is 3.53. The second kappa shape index (κ2) is 8.03. The maximum atomic E-state index is 11.8. The van der Waals surface area contributed by atoms with Crippen molar-refractivity contribution in [2.45, 2.75) is 32.4 Å². The van der Waals surface area contributed by atoms with E-state index in [4.69, 9.17) is 11.6 Å². The standard InChI is InChI=1S/C16H23ClN4O/c1-3-18-16(19-10-15(22)20-13-8-9-13)21(2)11-12-6-4-5-7-14(12)17/h4-7,13H,3,8-11H2,1-2H3,(H,18,19)(H,20,22). The summed E-state index contributed by atoms with van der Waals surface area (Å²) in [5.74, 6) is 0.678. The van der Waals surface area contributed by atoms with Crippen LogP contribution in [-0.2, 0) is 11.3 Å². The summed E-state index contributed by atoms with van der Waals surface area (Å²) in [4.78, 5) is 18.1. The van der Waals surface area contributed by atoms with Crippen molar-refractivity contribution in [3.05, 3.63) is 34.9 Å². The summed E-state index contributed by atoms with van der Waals surface area (Å²) in [7, 11) is 1.93. The fraction of sp³-hybridized carbons (Fsp3) is 0.500. The van der Waals surface area contributed by atoms with E-state index in [-0.39, 0.29) is 12.5 Å². The molecular formula is C16H23ClN4O. The average Bonchev–Trinajstić information content (AvgIpc) is 3.29. The molecular weight excluding hydrogens is 300 g/mol. The molecule has 2 rings (SSSR count). The number of nitrogens with one attached hydrogen (secondary N) is 2. The van der Waals surface area contributed by atoms with Gasteiger partial charge in [-0.1, -0.05) is 29.8 Å². The van der Waals surface area contributed by atoms with E-state index in [0.29, 0.717) is 18.5 Å². The molecule has 1 fully saturated rings. The number of guanidine groups is 1. The first kappa shape index (κ1) is 16.6. The van der Waals surface area contributed by atoms with E-state index in [0.717, 1.165) is 30.0 Å². The largest absolute Gasteiger partial charge is 0.357 e. The molecule has 0 spiro atoms. The highest BCUT2D eigenvalue weighted by atomic mass is 35.5. The van der Waals surface area contributed by atoms with Crippen LogP contribution in [0.2, 0.25) is 5.02 Å². The van der Waals surface area contributed by atoms with Gasteiger partial charge in [0.1, 0.15) is 6.54 Å². The molecule has 120 valence electrons. The van der Waals surface area contributed by atoms with Crippen molar-refractivity contribution < 1.29 is 4.79 Å². The van der Waals surface area contributed by atoms with Gasteiger partial charge in [0.15, 0.2) is 5.96 Å². The topological polar surface area (TPSA) is 56.7 Å². The summed E-state index contributed by atoms with van der Waals surface area (Å²) in [5.41, 5.74) is 1.03. The van der Waals surface area contributed by atoms with Gasteiger partial charge in [0.05, 0.1) is 0 Å². The third-order valence-corrected chi connectivity index (χ3v) is 3.75. The fourth-order valence-corrected chi connectivity index (χ4v) is 2.27. The monoisotopic (exact) mass is 322 g/mol. The lowest BCUT2D eigenvalue weighted by atomic mass is 10.2. The number of carbonyl (C=O) groups is 1. The van der Waals surface area contributed by atoms with Gasteiger partial charge in [0.25, 0.3) is 0 Å².